The molecule has 15 nitrogen and oxygen atoms in total. The zero-order valence-corrected chi connectivity index (χ0v) is 24.7. The Morgan fingerprint density at radius 2 is 1.45 bits per heavy atom. The lowest BCUT2D eigenvalue weighted by Crippen LogP contribution is -2.59. The highest BCUT2D eigenvalue weighted by molar-refractivity contribution is 5.96. The number of nitrogens with two attached hydrogens (primary N) is 2. The molecule has 0 spiro atoms. The van der Waals surface area contributed by atoms with E-state index in [9.17, 15) is 28.8 Å². The largest absolute Gasteiger partial charge is 0.444 e. The Hall–Kier alpha value is -4.24. The second-order valence-electron chi connectivity index (χ2n) is 10.9. The molecule has 6 amide bonds. The summed E-state index contributed by atoms with van der Waals surface area (Å²) in [5.74, 6) is 1.16. The summed E-state index contributed by atoms with van der Waals surface area (Å²) in [6.07, 6.45) is -1.21. The maximum Gasteiger partial charge on any atom is 0.408 e. The van der Waals surface area contributed by atoms with E-state index < -0.39 is 72.3 Å². The van der Waals surface area contributed by atoms with Gasteiger partial charge in [0.2, 0.25) is 23.6 Å². The molecule has 0 saturated heterocycles. The number of nitrogens with one attached hydrogen (secondary N) is 5. The summed E-state index contributed by atoms with van der Waals surface area (Å²) in [5.41, 5.74) is 7.28. The van der Waals surface area contributed by atoms with Crippen LogP contribution >= 0.6 is 0 Å². The minimum absolute atomic E-state index is 0.00701. The predicted molar refractivity (Wildman–Crippen MR) is 152 cm³/mol. The maximum atomic E-state index is 13.2. The third kappa shape index (κ3) is 14.9. The highest BCUT2D eigenvalue weighted by Gasteiger charge is 2.31. The Kier molecular flexibility index (Phi) is 15.0. The normalized spacial score (nSPS) is 13.2. The minimum Gasteiger partial charge on any atom is -0.444 e. The fourth-order valence-electron chi connectivity index (χ4n) is 3.52. The molecule has 0 heterocycles. The standard InChI is InChI=1S/C27H43N7O8/c1-16(2)11-18(25(39)34-29)32-23(37)19(12-21(28)35)33-24(38)20(15-41-14-17-9-7-6-8-10-17)31-22(36)13-30-26(40)42-27(3,4)5/h6-10,16,18-20H,11-15,29H2,1-5H3,(H2,28,35)(H,30,40)(H,31,36)(H,32,37)(H,33,38)(H,34,39)/t18-,19-,20-/m0/s1. The van der Waals surface area contributed by atoms with Gasteiger partial charge in [0.15, 0.2) is 0 Å². The second kappa shape index (κ2) is 17.5. The molecule has 0 aliphatic heterocycles. The average Bonchev–Trinajstić information content (AvgIpc) is 2.89. The van der Waals surface area contributed by atoms with Gasteiger partial charge >= 0.3 is 6.09 Å². The van der Waals surface area contributed by atoms with Crippen LogP contribution in [0.4, 0.5) is 4.79 Å². The lowest BCUT2D eigenvalue weighted by molar-refractivity contribution is -0.135. The van der Waals surface area contributed by atoms with Crippen molar-refractivity contribution in [3.05, 3.63) is 35.9 Å². The van der Waals surface area contributed by atoms with E-state index in [1.807, 2.05) is 25.3 Å². The van der Waals surface area contributed by atoms with Gasteiger partial charge < -0.3 is 36.5 Å². The molecule has 3 atom stereocenters. The summed E-state index contributed by atoms with van der Waals surface area (Å²) in [4.78, 5) is 74.7. The number of carbonyl (C=O) groups is 6. The van der Waals surface area contributed by atoms with Crippen LogP contribution in [0.3, 0.4) is 0 Å². The summed E-state index contributed by atoms with van der Waals surface area (Å²) in [7, 11) is 0. The van der Waals surface area contributed by atoms with Crippen LogP contribution in [0.1, 0.15) is 53.0 Å². The first-order chi connectivity index (χ1) is 19.6. The zero-order chi connectivity index (χ0) is 31.9. The Morgan fingerprint density at radius 1 is 0.857 bits per heavy atom. The fraction of sp³-hybridized carbons (Fsp3) is 0.556. The van der Waals surface area contributed by atoms with Crippen molar-refractivity contribution >= 4 is 35.6 Å². The highest BCUT2D eigenvalue weighted by Crippen LogP contribution is 2.08. The zero-order valence-electron chi connectivity index (χ0n) is 24.7. The molecule has 0 bridgehead atoms. The topological polar surface area (TPSA) is 233 Å². The quantitative estimate of drug-likeness (QED) is 0.0713. The fourth-order valence-corrected chi connectivity index (χ4v) is 3.52. The van der Waals surface area contributed by atoms with E-state index in [0.717, 1.165) is 5.56 Å². The number of hydrogen-bond donors (Lipinski definition) is 7. The van der Waals surface area contributed by atoms with Crippen molar-refractivity contribution in [2.45, 2.75) is 77.8 Å². The molecule has 1 aromatic carbocycles. The van der Waals surface area contributed by atoms with Gasteiger partial charge in [-0.05, 0) is 38.7 Å². The summed E-state index contributed by atoms with van der Waals surface area (Å²) < 4.78 is 10.7. The summed E-state index contributed by atoms with van der Waals surface area (Å²) in [6.45, 7) is 7.88. The first-order valence-electron chi connectivity index (χ1n) is 13.4. The molecule has 1 rings (SSSR count). The number of benzene rings is 1. The van der Waals surface area contributed by atoms with Crippen molar-refractivity contribution in [2.75, 3.05) is 13.2 Å². The highest BCUT2D eigenvalue weighted by atomic mass is 16.6. The van der Waals surface area contributed by atoms with Gasteiger partial charge in [0, 0.05) is 0 Å². The molecule has 15 heteroatoms. The van der Waals surface area contributed by atoms with E-state index >= 15 is 0 Å². The van der Waals surface area contributed by atoms with Gasteiger partial charge in [-0.2, -0.15) is 0 Å². The Morgan fingerprint density at radius 3 is 2.00 bits per heavy atom. The van der Waals surface area contributed by atoms with Gasteiger partial charge in [-0.1, -0.05) is 44.2 Å². The number of carbonyl (C=O) groups excluding carboxylic acids is 6. The average molecular weight is 594 g/mol. The van der Waals surface area contributed by atoms with Crippen molar-refractivity contribution in [1.29, 1.82) is 0 Å². The molecule has 234 valence electrons. The molecule has 0 aliphatic carbocycles. The summed E-state index contributed by atoms with van der Waals surface area (Å²) in [6, 6.07) is 5.16. The molecule has 1 aromatic rings. The third-order valence-corrected chi connectivity index (χ3v) is 5.36. The Bertz CT molecular complexity index is 1080. The van der Waals surface area contributed by atoms with Crippen LogP contribution in [0.25, 0.3) is 0 Å². The van der Waals surface area contributed by atoms with E-state index in [1.54, 1.807) is 45.0 Å². The third-order valence-electron chi connectivity index (χ3n) is 5.36. The second-order valence-corrected chi connectivity index (χ2v) is 10.9. The van der Waals surface area contributed by atoms with E-state index in [0.29, 0.717) is 0 Å². The van der Waals surface area contributed by atoms with Gasteiger partial charge in [0.25, 0.3) is 5.91 Å². The molecule has 0 aliphatic rings. The SMILES string of the molecule is CC(C)C[C@H](NC(=O)[C@H](CC(N)=O)NC(=O)[C@H](COCc1ccccc1)NC(=O)CNC(=O)OC(C)(C)C)C(=O)NN. The number of alkyl carbamates (subject to hydrolysis) is 1. The number of hydrazine groups is 1. The van der Waals surface area contributed by atoms with Crippen LogP contribution in [-0.2, 0) is 40.1 Å². The van der Waals surface area contributed by atoms with Crippen LogP contribution in [0, 0.1) is 5.92 Å². The van der Waals surface area contributed by atoms with Gasteiger partial charge in [-0.25, -0.2) is 10.6 Å². The van der Waals surface area contributed by atoms with Crippen molar-refractivity contribution in [3.63, 3.8) is 0 Å². The van der Waals surface area contributed by atoms with E-state index in [1.165, 1.54) is 0 Å². The lowest BCUT2D eigenvalue weighted by Gasteiger charge is -2.25. The summed E-state index contributed by atoms with van der Waals surface area (Å²) in [5, 5.41) is 9.59. The number of hydrogen-bond acceptors (Lipinski definition) is 9. The van der Waals surface area contributed by atoms with Crippen molar-refractivity contribution in [2.24, 2.45) is 17.5 Å². The van der Waals surface area contributed by atoms with E-state index in [2.05, 4.69) is 21.3 Å². The molecular formula is C27H43N7O8. The maximum absolute atomic E-state index is 13.2. The lowest BCUT2D eigenvalue weighted by atomic mass is 10.0. The van der Waals surface area contributed by atoms with Crippen molar-refractivity contribution in [3.8, 4) is 0 Å². The number of amides is 6. The molecule has 0 fully saturated rings. The van der Waals surface area contributed by atoms with Crippen molar-refractivity contribution in [1.82, 2.24) is 26.7 Å². The van der Waals surface area contributed by atoms with E-state index in [4.69, 9.17) is 21.1 Å². The summed E-state index contributed by atoms with van der Waals surface area (Å²) >= 11 is 0. The first-order valence-corrected chi connectivity index (χ1v) is 13.4. The monoisotopic (exact) mass is 593 g/mol. The molecule has 0 unspecified atom stereocenters. The van der Waals surface area contributed by atoms with Gasteiger partial charge in [-0.15, -0.1) is 0 Å². The minimum atomic E-state index is -1.48. The molecule has 0 radical (unpaired) electrons. The molecule has 0 saturated carbocycles. The van der Waals surface area contributed by atoms with Crippen LogP contribution < -0.4 is 38.3 Å². The van der Waals surface area contributed by atoms with E-state index in [-0.39, 0.29) is 25.6 Å². The molecule has 0 aromatic heterocycles. The first kappa shape index (κ1) is 35.8. The smallest absolute Gasteiger partial charge is 0.408 e. The van der Waals surface area contributed by atoms with Gasteiger partial charge in [0.05, 0.1) is 19.6 Å². The van der Waals surface area contributed by atoms with Crippen molar-refractivity contribution < 1.29 is 38.2 Å². The Labute approximate surface area is 245 Å². The predicted octanol–water partition coefficient (Wildman–Crippen LogP) is -0.906. The van der Waals surface area contributed by atoms with Crippen LogP contribution in [-0.4, -0.2) is 72.5 Å². The number of primary amides is 1. The Balaban J connectivity index is 3.03. The van der Waals surface area contributed by atoms with Gasteiger partial charge in [-0.3, -0.25) is 29.4 Å². The number of ether oxygens (including phenoxy) is 2. The molecule has 9 N–H and O–H groups in total. The van der Waals surface area contributed by atoms with Crippen LogP contribution in [0.5, 0.6) is 0 Å². The van der Waals surface area contributed by atoms with Crippen LogP contribution in [0.15, 0.2) is 30.3 Å². The molecule has 42 heavy (non-hydrogen) atoms. The van der Waals surface area contributed by atoms with Crippen LogP contribution in [0.2, 0.25) is 0 Å². The van der Waals surface area contributed by atoms with Gasteiger partial charge in [0.1, 0.15) is 30.3 Å². The number of rotatable bonds is 16. The molecular weight excluding hydrogens is 550 g/mol.